The molecule has 2 bridgehead atoms. The largest absolute Gasteiger partial charge is 0.338 e. The van der Waals surface area contributed by atoms with Crippen LogP contribution in [-0.2, 0) is 13.1 Å². The van der Waals surface area contributed by atoms with Crippen LogP contribution in [-0.4, -0.2) is 47.5 Å². The molecular weight excluding hydrogens is 338 g/mol. The van der Waals surface area contributed by atoms with Crippen LogP contribution in [0.5, 0.6) is 0 Å². The van der Waals surface area contributed by atoms with Crippen LogP contribution < -0.4 is 5.56 Å². The van der Waals surface area contributed by atoms with Gasteiger partial charge < -0.3 is 14.4 Å². The Kier molecular flexibility index (Phi) is 4.64. The number of carbonyl (C=O) groups excluding carboxylic acids is 1. The monoisotopic (exact) mass is 365 g/mol. The molecule has 2 aliphatic heterocycles. The summed E-state index contributed by atoms with van der Waals surface area (Å²) in [5.41, 5.74) is 3.92. The molecule has 0 unspecified atom stereocenters. The molecule has 5 nitrogen and oxygen atoms in total. The Balaban J connectivity index is 1.61. The molecule has 1 aromatic heterocycles. The maximum atomic E-state index is 13.0. The van der Waals surface area contributed by atoms with Gasteiger partial charge in [0.05, 0.1) is 0 Å². The number of rotatable bonds is 3. The fourth-order valence-corrected chi connectivity index (χ4v) is 4.58. The average Bonchev–Trinajstić information content (AvgIpc) is 2.63. The highest BCUT2D eigenvalue weighted by Gasteiger charge is 2.36. The van der Waals surface area contributed by atoms with Crippen LogP contribution in [0.2, 0.25) is 0 Å². The van der Waals surface area contributed by atoms with Gasteiger partial charge in [0.1, 0.15) is 0 Å². The van der Waals surface area contributed by atoms with Gasteiger partial charge in [0.15, 0.2) is 0 Å². The van der Waals surface area contributed by atoms with Crippen LogP contribution in [0.4, 0.5) is 0 Å². The zero-order chi connectivity index (χ0) is 19.1. The zero-order valence-electron chi connectivity index (χ0n) is 16.3. The topological polar surface area (TPSA) is 45.6 Å². The molecule has 3 heterocycles. The third-order valence-electron chi connectivity index (χ3n) is 5.72. The zero-order valence-corrected chi connectivity index (χ0v) is 16.3. The van der Waals surface area contributed by atoms with E-state index >= 15 is 0 Å². The van der Waals surface area contributed by atoms with Crippen molar-refractivity contribution in [1.29, 1.82) is 0 Å². The highest BCUT2D eigenvalue weighted by molar-refractivity contribution is 5.94. The number of amides is 1. The van der Waals surface area contributed by atoms with Crippen molar-refractivity contribution in [2.75, 3.05) is 27.2 Å². The first-order valence-corrected chi connectivity index (χ1v) is 9.65. The number of carbonyl (C=O) groups is 1. The van der Waals surface area contributed by atoms with E-state index < -0.39 is 0 Å². The number of hydrogen-bond donors (Lipinski definition) is 0. The van der Waals surface area contributed by atoms with E-state index in [1.165, 1.54) is 0 Å². The number of fused-ring (bicyclic) bond motifs is 4. The second-order valence-corrected chi connectivity index (χ2v) is 8.32. The van der Waals surface area contributed by atoms with Crippen molar-refractivity contribution < 1.29 is 4.79 Å². The van der Waals surface area contributed by atoms with Crippen LogP contribution in [0, 0.1) is 12.8 Å². The van der Waals surface area contributed by atoms with Gasteiger partial charge in [0.2, 0.25) is 0 Å². The number of hydrogen-bond acceptors (Lipinski definition) is 3. The molecule has 2 atom stereocenters. The highest BCUT2D eigenvalue weighted by atomic mass is 16.2. The number of nitrogens with zero attached hydrogens (tertiary/aromatic N) is 3. The van der Waals surface area contributed by atoms with Gasteiger partial charge in [-0.25, -0.2) is 0 Å². The van der Waals surface area contributed by atoms with E-state index in [0.29, 0.717) is 25.6 Å². The van der Waals surface area contributed by atoms with Crippen molar-refractivity contribution in [1.82, 2.24) is 14.4 Å². The molecule has 1 aromatic carbocycles. The molecule has 0 N–H and O–H groups in total. The molecule has 2 aromatic rings. The van der Waals surface area contributed by atoms with Crippen LogP contribution in [0.3, 0.4) is 0 Å². The third kappa shape index (κ3) is 3.44. The van der Waals surface area contributed by atoms with E-state index in [1.807, 2.05) is 65.7 Å². The molecule has 1 amide bonds. The normalized spacial score (nSPS) is 21.3. The van der Waals surface area contributed by atoms with Gasteiger partial charge in [0.25, 0.3) is 11.5 Å². The molecular formula is C22H27N3O2. The molecule has 0 spiro atoms. The van der Waals surface area contributed by atoms with E-state index in [2.05, 4.69) is 6.07 Å². The summed E-state index contributed by atoms with van der Waals surface area (Å²) in [6.07, 6.45) is 1.06. The van der Waals surface area contributed by atoms with E-state index in [4.69, 9.17) is 0 Å². The number of pyridine rings is 1. The van der Waals surface area contributed by atoms with Gasteiger partial charge in [-0.15, -0.1) is 0 Å². The summed E-state index contributed by atoms with van der Waals surface area (Å²) in [6, 6.07) is 11.9. The average molecular weight is 365 g/mol. The summed E-state index contributed by atoms with van der Waals surface area (Å²) in [4.78, 5) is 29.9. The van der Waals surface area contributed by atoms with Gasteiger partial charge in [-0.1, -0.05) is 23.8 Å². The first kappa shape index (κ1) is 18.0. The quantitative estimate of drug-likeness (QED) is 0.839. The predicted molar refractivity (Wildman–Crippen MR) is 106 cm³/mol. The molecule has 0 saturated carbocycles. The summed E-state index contributed by atoms with van der Waals surface area (Å²) >= 11 is 0. The lowest BCUT2D eigenvalue weighted by Crippen LogP contribution is -2.49. The molecule has 27 heavy (non-hydrogen) atoms. The minimum absolute atomic E-state index is 0.105. The molecule has 5 heteroatoms. The molecule has 1 fully saturated rings. The van der Waals surface area contributed by atoms with Gasteiger partial charge in [-0.3, -0.25) is 9.59 Å². The van der Waals surface area contributed by atoms with Gasteiger partial charge in [0, 0.05) is 48.9 Å². The summed E-state index contributed by atoms with van der Waals surface area (Å²) in [5.74, 6) is 0.693. The van der Waals surface area contributed by atoms with E-state index in [-0.39, 0.29) is 17.4 Å². The molecule has 4 rings (SSSR count). The smallest absolute Gasteiger partial charge is 0.255 e. The second kappa shape index (κ2) is 6.97. The van der Waals surface area contributed by atoms with Crippen LogP contribution >= 0.6 is 0 Å². The standard InChI is InChI=1S/C22H27N3O2/c1-15-5-4-6-17(9-15)21(26)24-11-16-10-19(14-24)20-8-7-18(13-23(2)3)22(27)25(20)12-16/h4-9,16,19H,10-14H2,1-3H3/t16-,19+/m0/s1. The van der Waals surface area contributed by atoms with Gasteiger partial charge >= 0.3 is 0 Å². The lowest BCUT2D eigenvalue weighted by molar-refractivity contribution is 0.0594. The Labute approximate surface area is 160 Å². The summed E-state index contributed by atoms with van der Waals surface area (Å²) in [6.45, 7) is 4.80. The molecule has 2 aliphatic rings. The lowest BCUT2D eigenvalue weighted by Gasteiger charge is -2.43. The Morgan fingerprint density at radius 2 is 1.96 bits per heavy atom. The predicted octanol–water partition coefficient (Wildman–Crippen LogP) is 2.48. The van der Waals surface area contributed by atoms with Crippen molar-refractivity contribution in [3.05, 3.63) is 69.1 Å². The number of piperidine rings is 1. The maximum Gasteiger partial charge on any atom is 0.255 e. The highest BCUT2D eigenvalue weighted by Crippen LogP contribution is 2.35. The Morgan fingerprint density at radius 1 is 1.15 bits per heavy atom. The number of likely N-dealkylation sites (tertiary alicyclic amines) is 1. The van der Waals surface area contributed by atoms with Crippen LogP contribution in [0.25, 0.3) is 0 Å². The molecule has 1 saturated heterocycles. The molecule has 142 valence electrons. The van der Waals surface area contributed by atoms with Crippen LogP contribution in [0.1, 0.15) is 39.5 Å². The van der Waals surface area contributed by atoms with Crippen LogP contribution in [0.15, 0.2) is 41.2 Å². The molecule has 0 aliphatic carbocycles. The first-order chi connectivity index (χ1) is 12.9. The Bertz CT molecular complexity index is 931. The number of aryl methyl sites for hydroxylation is 1. The van der Waals surface area contributed by atoms with Crippen molar-refractivity contribution in [3.8, 4) is 0 Å². The fourth-order valence-electron chi connectivity index (χ4n) is 4.58. The lowest BCUT2D eigenvalue weighted by atomic mass is 9.82. The van der Waals surface area contributed by atoms with E-state index in [9.17, 15) is 9.59 Å². The maximum absolute atomic E-state index is 13.0. The fraction of sp³-hybridized carbons (Fsp3) is 0.455. The first-order valence-electron chi connectivity index (χ1n) is 9.65. The van der Waals surface area contributed by atoms with Gasteiger partial charge in [-0.2, -0.15) is 0 Å². The Hall–Kier alpha value is -2.40. The summed E-state index contributed by atoms with van der Waals surface area (Å²) in [7, 11) is 3.96. The van der Waals surface area contributed by atoms with Crippen molar-refractivity contribution in [2.24, 2.45) is 5.92 Å². The Morgan fingerprint density at radius 3 is 2.70 bits per heavy atom. The van der Waals surface area contributed by atoms with E-state index in [0.717, 1.165) is 35.3 Å². The van der Waals surface area contributed by atoms with E-state index in [1.54, 1.807) is 0 Å². The summed E-state index contributed by atoms with van der Waals surface area (Å²) in [5, 5.41) is 0. The van der Waals surface area contributed by atoms with Crippen molar-refractivity contribution >= 4 is 5.91 Å². The van der Waals surface area contributed by atoms with Gasteiger partial charge in [-0.05, 0) is 51.6 Å². The number of aromatic nitrogens is 1. The summed E-state index contributed by atoms with van der Waals surface area (Å²) < 4.78 is 1.96. The third-order valence-corrected chi connectivity index (χ3v) is 5.72. The minimum atomic E-state index is 0.105. The number of benzene rings is 1. The SMILES string of the molecule is Cc1cccc(C(=O)N2C[C@@H]3C[C@H](C2)c2ccc(CN(C)C)c(=O)n2C3)c1. The van der Waals surface area contributed by atoms with Crippen molar-refractivity contribution in [2.45, 2.75) is 32.4 Å². The second-order valence-electron chi connectivity index (χ2n) is 8.32. The van der Waals surface area contributed by atoms with Crippen molar-refractivity contribution in [3.63, 3.8) is 0 Å². The minimum Gasteiger partial charge on any atom is -0.338 e. The molecule has 0 radical (unpaired) electrons.